The van der Waals surface area contributed by atoms with Crippen molar-refractivity contribution >= 4 is 27.0 Å². The first-order chi connectivity index (χ1) is 8.69. The van der Waals surface area contributed by atoms with Gasteiger partial charge in [-0.3, -0.25) is 0 Å². The van der Waals surface area contributed by atoms with Crippen molar-refractivity contribution < 1.29 is 9.13 Å². The van der Waals surface area contributed by atoms with Gasteiger partial charge in [0.2, 0.25) is 0 Å². The van der Waals surface area contributed by atoms with Crippen molar-refractivity contribution in [1.29, 1.82) is 0 Å². The van der Waals surface area contributed by atoms with Gasteiger partial charge in [0.15, 0.2) is 0 Å². The zero-order valence-corrected chi connectivity index (χ0v) is 11.6. The maximum Gasteiger partial charge on any atom is 0.139 e. The van der Waals surface area contributed by atoms with Crippen LogP contribution in [0.25, 0.3) is 11.0 Å². The van der Waals surface area contributed by atoms with Gasteiger partial charge in [-0.05, 0) is 34.8 Å². The summed E-state index contributed by atoms with van der Waals surface area (Å²) in [6.45, 7) is 2.89. The molecule has 1 aliphatic heterocycles. The first-order valence-corrected chi connectivity index (χ1v) is 6.94. The Morgan fingerprint density at radius 2 is 2.39 bits per heavy atom. The smallest absolute Gasteiger partial charge is 0.139 e. The van der Waals surface area contributed by atoms with Crippen LogP contribution in [0, 0.1) is 5.82 Å². The molecule has 0 bridgehead atoms. The van der Waals surface area contributed by atoms with Crippen molar-refractivity contribution in [3.8, 4) is 0 Å². The maximum atomic E-state index is 13.5. The number of nitrogens with zero attached hydrogens (tertiary/aromatic N) is 1. The molecule has 2 unspecified atom stereocenters. The van der Waals surface area contributed by atoms with E-state index in [9.17, 15) is 4.39 Å². The van der Waals surface area contributed by atoms with Crippen LogP contribution in [-0.2, 0) is 4.74 Å². The number of fused-ring (bicyclic) bond motifs is 1. The van der Waals surface area contributed by atoms with Crippen molar-refractivity contribution in [2.24, 2.45) is 0 Å². The van der Waals surface area contributed by atoms with Crippen LogP contribution in [0.2, 0.25) is 0 Å². The Kier molecular flexibility index (Phi) is 3.11. The molecular weight excluding hydrogens is 299 g/mol. The van der Waals surface area contributed by atoms with Crippen LogP contribution >= 0.6 is 15.9 Å². The first-order valence-electron chi connectivity index (χ1n) is 6.15. The average molecular weight is 313 g/mol. The van der Waals surface area contributed by atoms with Crippen LogP contribution < -0.4 is 0 Å². The summed E-state index contributed by atoms with van der Waals surface area (Å²) >= 11 is 3.18. The molecule has 2 heterocycles. The minimum Gasteiger partial charge on any atom is -0.377 e. The zero-order chi connectivity index (χ0) is 12.7. The van der Waals surface area contributed by atoms with E-state index in [1.54, 1.807) is 6.07 Å². The van der Waals surface area contributed by atoms with Gasteiger partial charge in [0.1, 0.15) is 11.6 Å². The second-order valence-electron chi connectivity index (χ2n) is 4.62. The highest BCUT2D eigenvalue weighted by atomic mass is 79.9. The van der Waals surface area contributed by atoms with E-state index in [-0.39, 0.29) is 11.9 Å². The minimum atomic E-state index is -0.271. The summed E-state index contributed by atoms with van der Waals surface area (Å²) in [7, 11) is 0. The molecule has 2 atom stereocenters. The molecule has 1 aliphatic rings. The van der Waals surface area contributed by atoms with Crippen molar-refractivity contribution in [2.75, 3.05) is 6.61 Å². The largest absolute Gasteiger partial charge is 0.377 e. The van der Waals surface area contributed by atoms with Gasteiger partial charge in [-0.15, -0.1) is 0 Å². The predicted octanol–water partition coefficient (Wildman–Crippen LogP) is 3.75. The Bertz CT molecular complexity index is 545. The van der Waals surface area contributed by atoms with Crippen molar-refractivity contribution in [3.63, 3.8) is 0 Å². The Morgan fingerprint density at radius 3 is 3.17 bits per heavy atom. The average Bonchev–Trinajstić information content (AvgIpc) is 2.95. The molecule has 1 saturated heterocycles. The molecule has 0 aliphatic carbocycles. The van der Waals surface area contributed by atoms with Crippen LogP contribution in [0.3, 0.4) is 0 Å². The van der Waals surface area contributed by atoms with Crippen molar-refractivity contribution in [1.82, 2.24) is 9.97 Å². The lowest BCUT2D eigenvalue weighted by molar-refractivity contribution is 0.0996. The third-order valence-electron chi connectivity index (χ3n) is 3.51. The fourth-order valence-electron chi connectivity index (χ4n) is 2.56. The summed E-state index contributed by atoms with van der Waals surface area (Å²) < 4.78 is 19.6. The summed E-state index contributed by atoms with van der Waals surface area (Å²) in [6.07, 6.45) is 2.17. The number of benzene rings is 1. The molecular formula is C13H14BrFN2O. The summed E-state index contributed by atoms with van der Waals surface area (Å²) in [5.41, 5.74) is 1.53. The van der Waals surface area contributed by atoms with Gasteiger partial charge >= 0.3 is 0 Å². The topological polar surface area (TPSA) is 37.9 Å². The van der Waals surface area contributed by atoms with Gasteiger partial charge in [-0.1, -0.05) is 6.92 Å². The molecule has 1 N–H and O–H groups in total. The van der Waals surface area contributed by atoms with Crippen LogP contribution in [0.4, 0.5) is 4.39 Å². The highest BCUT2D eigenvalue weighted by Crippen LogP contribution is 2.33. The Labute approximate surface area is 113 Å². The van der Waals surface area contributed by atoms with E-state index < -0.39 is 0 Å². The molecule has 96 valence electrons. The minimum absolute atomic E-state index is 0.221. The van der Waals surface area contributed by atoms with Crippen LogP contribution in [-0.4, -0.2) is 22.7 Å². The number of ether oxygens (including phenoxy) is 1. The van der Waals surface area contributed by atoms with Gasteiger partial charge in [-0.25, -0.2) is 9.37 Å². The van der Waals surface area contributed by atoms with Gasteiger partial charge < -0.3 is 9.72 Å². The van der Waals surface area contributed by atoms with Gasteiger partial charge in [0.25, 0.3) is 0 Å². The van der Waals surface area contributed by atoms with Crippen LogP contribution in [0.5, 0.6) is 0 Å². The number of halogens is 2. The van der Waals surface area contributed by atoms with E-state index >= 15 is 0 Å². The number of aromatic amines is 1. The van der Waals surface area contributed by atoms with E-state index in [1.165, 1.54) is 6.07 Å². The molecule has 3 rings (SSSR count). The Morgan fingerprint density at radius 1 is 1.56 bits per heavy atom. The SMILES string of the molecule is CCC1OCCC1c1nc2cc(Br)c(F)cc2[nH]1. The molecule has 3 nitrogen and oxygen atoms in total. The third-order valence-corrected chi connectivity index (χ3v) is 4.11. The highest BCUT2D eigenvalue weighted by molar-refractivity contribution is 9.10. The lowest BCUT2D eigenvalue weighted by Gasteiger charge is -2.13. The zero-order valence-electron chi connectivity index (χ0n) is 10.0. The second kappa shape index (κ2) is 4.63. The quantitative estimate of drug-likeness (QED) is 0.917. The number of aromatic nitrogens is 2. The number of nitrogens with one attached hydrogen (secondary N) is 1. The molecule has 0 radical (unpaired) electrons. The fraction of sp³-hybridized carbons (Fsp3) is 0.462. The van der Waals surface area contributed by atoms with Crippen LogP contribution in [0.1, 0.15) is 31.5 Å². The number of imidazole rings is 1. The van der Waals surface area contributed by atoms with Gasteiger partial charge in [0.05, 0.1) is 21.6 Å². The monoisotopic (exact) mass is 312 g/mol. The molecule has 0 amide bonds. The third kappa shape index (κ3) is 1.95. The normalized spacial score (nSPS) is 23.9. The Hall–Kier alpha value is -0.940. The van der Waals surface area contributed by atoms with E-state index in [4.69, 9.17) is 4.74 Å². The van der Waals surface area contributed by atoms with Gasteiger partial charge in [0, 0.05) is 18.6 Å². The predicted molar refractivity (Wildman–Crippen MR) is 71.1 cm³/mol. The molecule has 0 spiro atoms. The van der Waals surface area contributed by atoms with E-state index in [0.717, 1.165) is 36.3 Å². The molecule has 2 aromatic rings. The fourth-order valence-corrected chi connectivity index (χ4v) is 2.90. The maximum absolute atomic E-state index is 13.5. The number of hydrogen-bond donors (Lipinski definition) is 1. The van der Waals surface area contributed by atoms with Crippen molar-refractivity contribution in [3.05, 3.63) is 28.2 Å². The Balaban J connectivity index is 2.03. The van der Waals surface area contributed by atoms with E-state index in [2.05, 4.69) is 32.8 Å². The molecule has 5 heteroatoms. The second-order valence-corrected chi connectivity index (χ2v) is 5.47. The number of H-pyrrole nitrogens is 1. The number of rotatable bonds is 2. The number of hydrogen-bond acceptors (Lipinski definition) is 2. The first kappa shape index (κ1) is 12.1. The van der Waals surface area contributed by atoms with Crippen molar-refractivity contribution in [2.45, 2.75) is 31.8 Å². The lowest BCUT2D eigenvalue weighted by Crippen LogP contribution is -2.14. The molecule has 1 fully saturated rings. The molecule has 1 aromatic heterocycles. The van der Waals surface area contributed by atoms with Crippen LogP contribution in [0.15, 0.2) is 16.6 Å². The summed E-state index contributed by atoms with van der Waals surface area (Å²) in [6, 6.07) is 3.19. The standard InChI is InChI=1S/C13H14BrFN2O/c1-2-12-7(3-4-18-12)13-16-10-5-8(14)9(15)6-11(10)17-13/h5-7,12H,2-4H2,1H3,(H,16,17). The highest BCUT2D eigenvalue weighted by Gasteiger charge is 2.30. The van der Waals surface area contributed by atoms with E-state index in [1.807, 2.05) is 0 Å². The molecule has 1 aromatic carbocycles. The summed E-state index contributed by atoms with van der Waals surface area (Å²) in [5.74, 6) is 0.934. The molecule has 18 heavy (non-hydrogen) atoms. The molecule has 0 saturated carbocycles. The lowest BCUT2D eigenvalue weighted by atomic mass is 9.99. The summed E-state index contributed by atoms with van der Waals surface area (Å²) in [5, 5.41) is 0. The van der Waals surface area contributed by atoms with E-state index in [0.29, 0.717) is 10.4 Å². The van der Waals surface area contributed by atoms with Gasteiger partial charge in [-0.2, -0.15) is 0 Å². The summed E-state index contributed by atoms with van der Waals surface area (Å²) in [4.78, 5) is 7.78.